The van der Waals surface area contributed by atoms with E-state index in [1.807, 2.05) is 13.8 Å². The fourth-order valence-corrected chi connectivity index (χ4v) is 0.720. The summed E-state index contributed by atoms with van der Waals surface area (Å²) in [5, 5.41) is 8.27. The summed E-state index contributed by atoms with van der Waals surface area (Å²) in [6.07, 6.45) is -0.173. The van der Waals surface area contributed by atoms with Gasteiger partial charge in [-0.25, -0.2) is 0 Å². The minimum atomic E-state index is -1.000. The van der Waals surface area contributed by atoms with E-state index in [0.717, 1.165) is 0 Å². The maximum atomic E-state index is 10.9. The van der Waals surface area contributed by atoms with Crippen LogP contribution in [0.2, 0.25) is 0 Å². The van der Waals surface area contributed by atoms with Gasteiger partial charge in [0, 0.05) is 0 Å². The fraction of sp³-hybridized carbons (Fsp3) is 0.778. The highest BCUT2D eigenvalue weighted by molar-refractivity contribution is 5.76. The zero-order valence-corrected chi connectivity index (χ0v) is 8.49. The first-order chi connectivity index (χ1) is 6.52. The van der Waals surface area contributed by atoms with Gasteiger partial charge >= 0.3 is 11.9 Å². The fourth-order valence-electron chi connectivity index (χ4n) is 0.720. The molecule has 0 rings (SSSR count). The highest BCUT2D eigenvalue weighted by atomic mass is 16.6. The first kappa shape index (κ1) is 12.9. The van der Waals surface area contributed by atoms with E-state index in [1.165, 1.54) is 0 Å². The second kappa shape index (κ2) is 7.32. The van der Waals surface area contributed by atoms with Crippen LogP contribution in [0.4, 0.5) is 0 Å². The van der Waals surface area contributed by atoms with Crippen LogP contribution in [-0.2, 0) is 19.1 Å². The van der Waals surface area contributed by atoms with Crippen LogP contribution in [0.1, 0.15) is 26.7 Å². The van der Waals surface area contributed by atoms with Gasteiger partial charge in [-0.05, 0) is 13.8 Å². The molecule has 0 aliphatic rings. The molecule has 0 aromatic heterocycles. The Bertz CT molecular complexity index is 188. The molecule has 0 saturated carbocycles. The summed E-state index contributed by atoms with van der Waals surface area (Å²) < 4.78 is 9.84. The molecule has 0 atom stereocenters. The summed E-state index contributed by atoms with van der Waals surface area (Å²) in [7, 11) is 0. The van der Waals surface area contributed by atoms with E-state index < -0.39 is 11.9 Å². The smallest absolute Gasteiger partial charge is 0.306 e. The number of rotatable bonds is 7. The Balaban J connectivity index is 3.31. The molecule has 0 amide bonds. The van der Waals surface area contributed by atoms with Gasteiger partial charge < -0.3 is 14.6 Å². The molecule has 82 valence electrons. The summed E-state index contributed by atoms with van der Waals surface area (Å²) in [6.45, 7) is 4.28. The molecule has 0 unspecified atom stereocenters. The Labute approximate surface area is 83.0 Å². The van der Waals surface area contributed by atoms with Crippen LogP contribution in [0, 0.1) is 0 Å². The lowest BCUT2D eigenvalue weighted by atomic mass is 10.3. The highest BCUT2D eigenvalue weighted by Crippen LogP contribution is 1.93. The number of ether oxygens (including phenoxy) is 2. The minimum absolute atomic E-state index is 0.0863. The molecule has 0 bridgehead atoms. The van der Waals surface area contributed by atoms with Crippen molar-refractivity contribution in [3.63, 3.8) is 0 Å². The number of carboxylic acid groups (broad SMARTS) is 1. The molecule has 5 heteroatoms. The molecule has 0 aromatic carbocycles. The molecule has 0 radical (unpaired) electrons. The maximum absolute atomic E-state index is 10.9. The van der Waals surface area contributed by atoms with Crippen LogP contribution in [0.15, 0.2) is 0 Å². The third-order valence-electron chi connectivity index (χ3n) is 1.34. The van der Waals surface area contributed by atoms with Gasteiger partial charge in [-0.2, -0.15) is 0 Å². The molecule has 14 heavy (non-hydrogen) atoms. The molecule has 0 heterocycles. The Morgan fingerprint density at radius 3 is 2.36 bits per heavy atom. The van der Waals surface area contributed by atoms with Crippen molar-refractivity contribution in [1.82, 2.24) is 0 Å². The number of carbonyl (C=O) groups is 2. The van der Waals surface area contributed by atoms with Crippen LogP contribution in [0.5, 0.6) is 0 Å². The average molecular weight is 204 g/mol. The van der Waals surface area contributed by atoms with E-state index in [2.05, 4.69) is 0 Å². The van der Waals surface area contributed by atoms with Gasteiger partial charge in [-0.3, -0.25) is 9.59 Å². The van der Waals surface area contributed by atoms with E-state index in [9.17, 15) is 9.59 Å². The number of esters is 1. The summed E-state index contributed by atoms with van der Waals surface area (Å²) in [4.78, 5) is 20.9. The molecular formula is C9H16O5. The van der Waals surface area contributed by atoms with E-state index in [1.54, 1.807) is 0 Å². The zero-order chi connectivity index (χ0) is 11.0. The molecule has 0 aliphatic carbocycles. The lowest BCUT2D eigenvalue weighted by molar-refractivity contribution is -0.149. The molecule has 0 aromatic rings. The quantitative estimate of drug-likeness (QED) is 0.491. The van der Waals surface area contributed by atoms with Crippen molar-refractivity contribution in [2.75, 3.05) is 13.2 Å². The van der Waals surface area contributed by atoms with Crippen molar-refractivity contribution in [2.24, 2.45) is 0 Å². The van der Waals surface area contributed by atoms with Crippen molar-refractivity contribution < 1.29 is 24.2 Å². The third kappa shape index (κ3) is 8.99. The number of hydrogen-bond acceptors (Lipinski definition) is 4. The lowest BCUT2D eigenvalue weighted by Crippen LogP contribution is -2.14. The molecule has 5 nitrogen and oxygen atoms in total. The van der Waals surface area contributed by atoms with E-state index in [-0.39, 0.29) is 25.6 Å². The van der Waals surface area contributed by atoms with Gasteiger partial charge in [0.2, 0.25) is 0 Å². The molecular weight excluding hydrogens is 188 g/mol. The molecule has 0 saturated heterocycles. The predicted octanol–water partition coefficient (Wildman–Crippen LogP) is 0.819. The van der Waals surface area contributed by atoms with Crippen LogP contribution >= 0.6 is 0 Å². The Hall–Kier alpha value is -1.10. The van der Waals surface area contributed by atoms with Crippen molar-refractivity contribution >= 4 is 11.9 Å². The van der Waals surface area contributed by atoms with Gasteiger partial charge in [0.1, 0.15) is 6.61 Å². The summed E-state index contributed by atoms with van der Waals surface area (Å²) in [5.41, 5.74) is 0. The predicted molar refractivity (Wildman–Crippen MR) is 48.9 cm³/mol. The van der Waals surface area contributed by atoms with Crippen molar-refractivity contribution in [3.05, 3.63) is 0 Å². The van der Waals surface area contributed by atoms with Crippen molar-refractivity contribution in [2.45, 2.75) is 32.8 Å². The maximum Gasteiger partial charge on any atom is 0.306 e. The Morgan fingerprint density at radius 2 is 1.86 bits per heavy atom. The molecule has 0 spiro atoms. The Morgan fingerprint density at radius 1 is 1.21 bits per heavy atom. The first-order valence-electron chi connectivity index (χ1n) is 4.51. The monoisotopic (exact) mass is 204 g/mol. The standard InChI is InChI=1S/C9H16O5/c1-7(2)13-5-6-14-9(12)4-3-8(10)11/h7H,3-6H2,1-2H3,(H,10,11). The van der Waals surface area contributed by atoms with Gasteiger partial charge in [0.15, 0.2) is 0 Å². The first-order valence-corrected chi connectivity index (χ1v) is 4.51. The average Bonchev–Trinajstić information content (AvgIpc) is 2.08. The normalized spacial score (nSPS) is 10.2. The van der Waals surface area contributed by atoms with E-state index >= 15 is 0 Å². The second-order valence-corrected chi connectivity index (χ2v) is 3.03. The van der Waals surface area contributed by atoms with Crippen LogP contribution < -0.4 is 0 Å². The van der Waals surface area contributed by atoms with Crippen LogP contribution in [0.25, 0.3) is 0 Å². The molecule has 1 N–H and O–H groups in total. The second-order valence-electron chi connectivity index (χ2n) is 3.03. The van der Waals surface area contributed by atoms with Crippen LogP contribution in [0.3, 0.4) is 0 Å². The summed E-state index contributed by atoms with van der Waals surface area (Å²) in [6, 6.07) is 0. The topological polar surface area (TPSA) is 72.8 Å². The van der Waals surface area contributed by atoms with Gasteiger partial charge in [0.05, 0.1) is 25.6 Å². The van der Waals surface area contributed by atoms with Gasteiger partial charge in [-0.15, -0.1) is 0 Å². The number of carboxylic acids is 1. The number of aliphatic carboxylic acids is 1. The zero-order valence-electron chi connectivity index (χ0n) is 8.49. The van der Waals surface area contributed by atoms with Gasteiger partial charge in [0.25, 0.3) is 0 Å². The van der Waals surface area contributed by atoms with Crippen molar-refractivity contribution in [1.29, 1.82) is 0 Å². The third-order valence-corrected chi connectivity index (χ3v) is 1.34. The van der Waals surface area contributed by atoms with E-state index in [0.29, 0.717) is 6.61 Å². The lowest BCUT2D eigenvalue weighted by Gasteiger charge is -2.07. The summed E-state index contributed by atoms with van der Waals surface area (Å²) >= 11 is 0. The number of hydrogen-bond donors (Lipinski definition) is 1. The largest absolute Gasteiger partial charge is 0.481 e. The minimum Gasteiger partial charge on any atom is -0.481 e. The van der Waals surface area contributed by atoms with Crippen LogP contribution in [-0.4, -0.2) is 36.4 Å². The van der Waals surface area contributed by atoms with E-state index in [4.69, 9.17) is 14.6 Å². The summed E-state index contributed by atoms with van der Waals surface area (Å²) in [5.74, 6) is -1.50. The van der Waals surface area contributed by atoms with Gasteiger partial charge in [-0.1, -0.05) is 0 Å². The SMILES string of the molecule is CC(C)OCCOC(=O)CCC(=O)O. The molecule has 0 aliphatic heterocycles. The molecule has 0 fully saturated rings. The highest BCUT2D eigenvalue weighted by Gasteiger charge is 2.06. The number of carbonyl (C=O) groups excluding carboxylic acids is 1. The van der Waals surface area contributed by atoms with Crippen molar-refractivity contribution in [3.8, 4) is 0 Å². The Kier molecular flexibility index (Phi) is 6.74.